The molecule has 0 radical (unpaired) electrons. The van der Waals surface area contributed by atoms with Crippen LogP contribution < -0.4 is 0 Å². The number of hydrogen-bond acceptors (Lipinski definition) is 4. The van der Waals surface area contributed by atoms with Gasteiger partial charge in [-0.05, 0) is 32.9 Å². The lowest BCUT2D eigenvalue weighted by atomic mass is 10.2. The van der Waals surface area contributed by atoms with E-state index in [9.17, 15) is 4.79 Å². The molecule has 0 fully saturated rings. The number of furan rings is 1. The molecule has 2 rings (SSSR count). The lowest BCUT2D eigenvalue weighted by Crippen LogP contribution is -2.22. The number of benzene rings is 1. The van der Waals surface area contributed by atoms with Gasteiger partial charge in [-0.25, -0.2) is 0 Å². The number of fused-ring (bicyclic) bond motifs is 1. The van der Waals surface area contributed by atoms with Crippen molar-refractivity contribution in [3.63, 3.8) is 0 Å². The second-order valence-electron chi connectivity index (χ2n) is 5.59. The number of carbonyl (C=O) groups is 1. The first kappa shape index (κ1) is 14.8. The zero-order chi connectivity index (χ0) is 14.6. The first-order chi connectivity index (χ1) is 9.46. The number of ketones is 1. The lowest BCUT2D eigenvalue weighted by molar-refractivity contribution is -0.0325. The van der Waals surface area contributed by atoms with Gasteiger partial charge in [0.1, 0.15) is 12.2 Å². The summed E-state index contributed by atoms with van der Waals surface area (Å²) >= 11 is 0. The lowest BCUT2D eigenvalue weighted by Gasteiger charge is -2.19. The third-order valence-corrected chi connectivity index (χ3v) is 2.70. The first-order valence-corrected chi connectivity index (χ1v) is 6.69. The zero-order valence-electron chi connectivity index (χ0n) is 12.1. The molecular weight excluding hydrogens is 256 g/mol. The molecule has 0 unspecified atom stereocenters. The average molecular weight is 276 g/mol. The van der Waals surface area contributed by atoms with E-state index in [4.69, 9.17) is 13.9 Å². The highest BCUT2D eigenvalue weighted by molar-refractivity contribution is 5.98. The van der Waals surface area contributed by atoms with Crippen LogP contribution in [0.1, 0.15) is 31.3 Å². The molecule has 108 valence electrons. The Morgan fingerprint density at radius 3 is 2.65 bits per heavy atom. The van der Waals surface area contributed by atoms with E-state index in [2.05, 4.69) is 0 Å². The van der Waals surface area contributed by atoms with E-state index in [1.165, 1.54) is 0 Å². The van der Waals surface area contributed by atoms with Gasteiger partial charge < -0.3 is 13.9 Å². The molecule has 0 aliphatic rings. The summed E-state index contributed by atoms with van der Waals surface area (Å²) < 4.78 is 16.3. The van der Waals surface area contributed by atoms with E-state index in [0.717, 1.165) is 5.39 Å². The van der Waals surface area contributed by atoms with Gasteiger partial charge in [-0.3, -0.25) is 4.79 Å². The Balaban J connectivity index is 1.80. The summed E-state index contributed by atoms with van der Waals surface area (Å²) in [4.78, 5) is 11.9. The minimum atomic E-state index is -0.188. The molecule has 0 saturated heterocycles. The Hall–Kier alpha value is -1.65. The van der Waals surface area contributed by atoms with Crippen molar-refractivity contribution in [3.05, 3.63) is 36.1 Å². The quantitative estimate of drug-likeness (QED) is 0.599. The number of rotatable bonds is 6. The summed E-state index contributed by atoms with van der Waals surface area (Å²) in [6, 6.07) is 9.28. The molecule has 1 aromatic carbocycles. The molecule has 0 bridgehead atoms. The van der Waals surface area contributed by atoms with Crippen LogP contribution in [0.5, 0.6) is 0 Å². The fourth-order valence-electron chi connectivity index (χ4n) is 1.76. The standard InChI is InChI=1S/C16H20O4/c1-16(2,3)19-9-8-18-11-13(17)15-10-12-6-4-5-7-14(12)20-15/h4-7,10H,8-9,11H2,1-3H3. The molecule has 0 spiro atoms. The van der Waals surface area contributed by atoms with Gasteiger partial charge in [0.15, 0.2) is 5.76 Å². The van der Waals surface area contributed by atoms with Gasteiger partial charge >= 0.3 is 0 Å². The fraction of sp³-hybridized carbons (Fsp3) is 0.438. The van der Waals surface area contributed by atoms with Gasteiger partial charge in [-0.1, -0.05) is 18.2 Å². The smallest absolute Gasteiger partial charge is 0.223 e. The monoisotopic (exact) mass is 276 g/mol. The number of hydrogen-bond donors (Lipinski definition) is 0. The van der Waals surface area contributed by atoms with Gasteiger partial charge in [-0.15, -0.1) is 0 Å². The molecular formula is C16H20O4. The van der Waals surface area contributed by atoms with Crippen LogP contribution in [-0.2, 0) is 9.47 Å². The highest BCUT2D eigenvalue weighted by atomic mass is 16.5. The molecule has 4 nitrogen and oxygen atoms in total. The zero-order valence-corrected chi connectivity index (χ0v) is 12.1. The third kappa shape index (κ3) is 4.18. The average Bonchev–Trinajstić information content (AvgIpc) is 2.80. The summed E-state index contributed by atoms with van der Waals surface area (Å²) in [5.41, 5.74) is 0.526. The van der Waals surface area contributed by atoms with E-state index in [0.29, 0.717) is 24.6 Å². The Bertz CT molecular complexity index is 544. The van der Waals surface area contributed by atoms with Gasteiger partial charge in [0, 0.05) is 5.39 Å². The van der Waals surface area contributed by atoms with Gasteiger partial charge in [-0.2, -0.15) is 0 Å². The maximum Gasteiger partial charge on any atom is 0.223 e. The Kier molecular flexibility index (Phi) is 4.57. The number of ether oxygens (including phenoxy) is 2. The van der Waals surface area contributed by atoms with E-state index in [1.807, 2.05) is 45.0 Å². The van der Waals surface area contributed by atoms with Crippen molar-refractivity contribution in [3.8, 4) is 0 Å². The molecule has 0 saturated carbocycles. The van der Waals surface area contributed by atoms with Crippen molar-refractivity contribution >= 4 is 16.8 Å². The van der Waals surface area contributed by atoms with Crippen LogP contribution in [-0.4, -0.2) is 31.2 Å². The molecule has 0 N–H and O–H groups in total. The SMILES string of the molecule is CC(C)(C)OCCOCC(=O)c1cc2ccccc2o1. The largest absolute Gasteiger partial charge is 0.453 e. The topological polar surface area (TPSA) is 48.7 Å². The fourth-order valence-corrected chi connectivity index (χ4v) is 1.76. The van der Waals surface area contributed by atoms with Crippen LogP contribution in [0.3, 0.4) is 0 Å². The van der Waals surface area contributed by atoms with Crippen molar-refractivity contribution in [2.45, 2.75) is 26.4 Å². The molecule has 0 aliphatic carbocycles. The minimum absolute atomic E-state index is 0.00727. The highest BCUT2D eigenvalue weighted by Gasteiger charge is 2.13. The maximum absolute atomic E-state index is 11.9. The third-order valence-electron chi connectivity index (χ3n) is 2.70. The molecule has 20 heavy (non-hydrogen) atoms. The van der Waals surface area contributed by atoms with Crippen molar-refractivity contribution in [1.29, 1.82) is 0 Å². The summed E-state index contributed by atoms with van der Waals surface area (Å²) in [6.45, 7) is 6.80. The van der Waals surface area contributed by atoms with Gasteiger partial charge in [0.25, 0.3) is 0 Å². The van der Waals surface area contributed by atoms with Crippen LogP contribution in [0, 0.1) is 0 Å². The van der Waals surface area contributed by atoms with Crippen molar-refractivity contribution < 1.29 is 18.7 Å². The van der Waals surface area contributed by atoms with Crippen LogP contribution in [0.25, 0.3) is 11.0 Å². The Morgan fingerprint density at radius 1 is 1.20 bits per heavy atom. The van der Waals surface area contributed by atoms with Crippen LogP contribution in [0.15, 0.2) is 34.7 Å². The number of carbonyl (C=O) groups excluding carboxylic acids is 1. The van der Waals surface area contributed by atoms with Crippen LogP contribution in [0.4, 0.5) is 0 Å². The summed E-state index contributed by atoms with van der Waals surface area (Å²) in [5.74, 6) is 0.180. The van der Waals surface area contributed by atoms with Crippen molar-refractivity contribution in [2.24, 2.45) is 0 Å². The van der Waals surface area contributed by atoms with Crippen molar-refractivity contribution in [1.82, 2.24) is 0 Å². The molecule has 1 aromatic heterocycles. The van der Waals surface area contributed by atoms with E-state index in [1.54, 1.807) is 6.07 Å². The first-order valence-electron chi connectivity index (χ1n) is 6.69. The normalized spacial score (nSPS) is 11.9. The Morgan fingerprint density at radius 2 is 1.95 bits per heavy atom. The molecule has 0 amide bonds. The molecule has 4 heteroatoms. The Labute approximate surface area is 118 Å². The highest BCUT2D eigenvalue weighted by Crippen LogP contribution is 2.19. The predicted octanol–water partition coefficient (Wildman–Crippen LogP) is 3.45. The van der Waals surface area contributed by atoms with E-state index >= 15 is 0 Å². The summed E-state index contributed by atoms with van der Waals surface area (Å²) in [7, 11) is 0. The summed E-state index contributed by atoms with van der Waals surface area (Å²) in [6.07, 6.45) is 0. The molecule has 2 aromatic rings. The van der Waals surface area contributed by atoms with Crippen LogP contribution in [0.2, 0.25) is 0 Å². The van der Waals surface area contributed by atoms with Gasteiger partial charge in [0.2, 0.25) is 5.78 Å². The maximum atomic E-state index is 11.9. The summed E-state index contributed by atoms with van der Waals surface area (Å²) in [5, 5.41) is 0.923. The molecule has 0 atom stereocenters. The van der Waals surface area contributed by atoms with Crippen molar-refractivity contribution in [2.75, 3.05) is 19.8 Å². The number of Topliss-reactive ketones (excluding diaryl/α,β-unsaturated/α-hetero) is 1. The molecule has 1 heterocycles. The van der Waals surface area contributed by atoms with Gasteiger partial charge in [0.05, 0.1) is 18.8 Å². The second kappa shape index (κ2) is 6.20. The number of para-hydroxylation sites is 1. The van der Waals surface area contributed by atoms with E-state index in [-0.39, 0.29) is 18.0 Å². The van der Waals surface area contributed by atoms with E-state index < -0.39 is 0 Å². The minimum Gasteiger partial charge on any atom is -0.453 e. The van der Waals surface area contributed by atoms with Crippen LogP contribution >= 0.6 is 0 Å². The molecule has 0 aliphatic heterocycles. The second-order valence-corrected chi connectivity index (χ2v) is 5.59. The predicted molar refractivity (Wildman–Crippen MR) is 77.1 cm³/mol.